The number of ether oxygens (including phenoxy) is 1. The standard InChI is InChI=1S/C16H25FN2O/c1-13-4-5-15(17)10-14(13)11-18-12-16(2,3)19-6-8-20-9-7-19/h4-5,10,18H,6-9,11-12H2,1-3H3. The van der Waals surface area contributed by atoms with Crippen molar-refractivity contribution in [1.29, 1.82) is 0 Å². The second-order valence-electron chi connectivity index (χ2n) is 6.09. The van der Waals surface area contributed by atoms with E-state index in [1.807, 2.05) is 13.0 Å². The molecule has 1 aromatic rings. The average Bonchev–Trinajstić information content (AvgIpc) is 2.43. The summed E-state index contributed by atoms with van der Waals surface area (Å²) in [5, 5.41) is 3.46. The van der Waals surface area contributed by atoms with Crippen molar-refractivity contribution in [3.05, 3.63) is 35.1 Å². The lowest BCUT2D eigenvalue weighted by atomic mass is 10.0. The number of aryl methyl sites for hydroxylation is 1. The molecule has 0 radical (unpaired) electrons. The number of rotatable bonds is 5. The van der Waals surface area contributed by atoms with Gasteiger partial charge in [-0.25, -0.2) is 4.39 Å². The molecule has 1 aliphatic rings. The van der Waals surface area contributed by atoms with Gasteiger partial charge in [0.05, 0.1) is 13.2 Å². The van der Waals surface area contributed by atoms with Gasteiger partial charge in [-0.15, -0.1) is 0 Å². The van der Waals surface area contributed by atoms with Crippen molar-refractivity contribution in [2.24, 2.45) is 0 Å². The molecule has 0 aliphatic carbocycles. The maximum Gasteiger partial charge on any atom is 0.123 e. The van der Waals surface area contributed by atoms with E-state index < -0.39 is 0 Å². The summed E-state index contributed by atoms with van der Waals surface area (Å²) in [6.45, 7) is 11.7. The van der Waals surface area contributed by atoms with Crippen molar-refractivity contribution < 1.29 is 9.13 Å². The van der Waals surface area contributed by atoms with Crippen LogP contribution in [-0.4, -0.2) is 43.3 Å². The second kappa shape index (κ2) is 6.66. The largest absolute Gasteiger partial charge is 0.379 e. The van der Waals surface area contributed by atoms with Crippen LogP contribution in [0.3, 0.4) is 0 Å². The van der Waals surface area contributed by atoms with E-state index in [1.165, 1.54) is 6.07 Å². The van der Waals surface area contributed by atoms with Crippen molar-refractivity contribution in [2.45, 2.75) is 32.9 Å². The third-order valence-corrected chi connectivity index (χ3v) is 4.05. The van der Waals surface area contributed by atoms with E-state index in [2.05, 4.69) is 24.1 Å². The van der Waals surface area contributed by atoms with E-state index in [0.29, 0.717) is 6.54 Å². The number of halogens is 1. The summed E-state index contributed by atoms with van der Waals surface area (Å²) in [4.78, 5) is 2.45. The molecular weight excluding hydrogens is 255 g/mol. The summed E-state index contributed by atoms with van der Waals surface area (Å²) in [7, 11) is 0. The Hall–Kier alpha value is -0.970. The molecule has 0 bridgehead atoms. The molecule has 1 aromatic carbocycles. The number of nitrogens with one attached hydrogen (secondary N) is 1. The van der Waals surface area contributed by atoms with Crippen molar-refractivity contribution in [3.63, 3.8) is 0 Å². The first-order valence-electron chi connectivity index (χ1n) is 7.27. The summed E-state index contributed by atoms with van der Waals surface area (Å²) in [5.74, 6) is -0.167. The molecule has 0 saturated carbocycles. The zero-order valence-corrected chi connectivity index (χ0v) is 12.7. The topological polar surface area (TPSA) is 24.5 Å². The first kappa shape index (κ1) is 15.4. The van der Waals surface area contributed by atoms with Crippen LogP contribution in [0.2, 0.25) is 0 Å². The fourth-order valence-corrected chi connectivity index (χ4v) is 2.61. The van der Waals surface area contributed by atoms with Crippen molar-refractivity contribution in [1.82, 2.24) is 10.2 Å². The normalized spacial score (nSPS) is 17.4. The zero-order valence-electron chi connectivity index (χ0n) is 12.7. The van der Waals surface area contributed by atoms with Crippen LogP contribution in [-0.2, 0) is 11.3 Å². The Morgan fingerprint density at radius 2 is 2.00 bits per heavy atom. The van der Waals surface area contributed by atoms with Crippen LogP contribution < -0.4 is 5.32 Å². The highest BCUT2D eigenvalue weighted by Gasteiger charge is 2.27. The Bertz CT molecular complexity index is 442. The van der Waals surface area contributed by atoms with Gasteiger partial charge in [0.2, 0.25) is 0 Å². The Kier molecular flexibility index (Phi) is 5.13. The highest BCUT2D eigenvalue weighted by atomic mass is 19.1. The summed E-state index contributed by atoms with van der Waals surface area (Å²) < 4.78 is 18.6. The van der Waals surface area contributed by atoms with Gasteiger partial charge in [0.15, 0.2) is 0 Å². The summed E-state index contributed by atoms with van der Waals surface area (Å²) in [5.41, 5.74) is 2.25. The molecule has 3 nitrogen and oxygen atoms in total. The van der Waals surface area contributed by atoms with Gasteiger partial charge in [-0.3, -0.25) is 4.90 Å². The number of hydrogen-bond acceptors (Lipinski definition) is 3. The molecule has 0 spiro atoms. The molecule has 2 rings (SSSR count). The third-order valence-electron chi connectivity index (χ3n) is 4.05. The SMILES string of the molecule is Cc1ccc(F)cc1CNCC(C)(C)N1CCOCC1. The molecule has 20 heavy (non-hydrogen) atoms. The van der Waals surface area contributed by atoms with E-state index in [-0.39, 0.29) is 11.4 Å². The van der Waals surface area contributed by atoms with Gasteiger partial charge < -0.3 is 10.1 Å². The molecule has 0 amide bonds. The van der Waals surface area contributed by atoms with Crippen molar-refractivity contribution in [3.8, 4) is 0 Å². The molecule has 1 heterocycles. The minimum atomic E-state index is -0.167. The second-order valence-corrected chi connectivity index (χ2v) is 6.09. The minimum Gasteiger partial charge on any atom is -0.379 e. The molecule has 0 aromatic heterocycles. The smallest absolute Gasteiger partial charge is 0.123 e. The van der Waals surface area contributed by atoms with Crippen LogP contribution >= 0.6 is 0 Å². The number of benzene rings is 1. The van der Waals surface area contributed by atoms with Gasteiger partial charge in [0.1, 0.15) is 5.82 Å². The molecule has 1 saturated heterocycles. The van der Waals surface area contributed by atoms with Gasteiger partial charge in [-0.2, -0.15) is 0 Å². The Morgan fingerprint density at radius 3 is 2.70 bits per heavy atom. The van der Waals surface area contributed by atoms with Crippen molar-refractivity contribution >= 4 is 0 Å². The molecule has 112 valence electrons. The fraction of sp³-hybridized carbons (Fsp3) is 0.625. The lowest BCUT2D eigenvalue weighted by Crippen LogP contribution is -2.54. The molecule has 0 unspecified atom stereocenters. The molecule has 1 N–H and O–H groups in total. The van der Waals surface area contributed by atoms with Gasteiger partial charge in [-0.1, -0.05) is 6.07 Å². The van der Waals surface area contributed by atoms with Crippen LogP contribution in [0, 0.1) is 12.7 Å². The minimum absolute atomic E-state index is 0.0883. The van der Waals surface area contributed by atoms with E-state index >= 15 is 0 Å². The van der Waals surface area contributed by atoms with Crippen LogP contribution in [0.5, 0.6) is 0 Å². The summed E-state index contributed by atoms with van der Waals surface area (Å²) in [6.07, 6.45) is 0. The maximum absolute atomic E-state index is 13.2. The average molecular weight is 280 g/mol. The Morgan fingerprint density at radius 1 is 1.30 bits per heavy atom. The number of nitrogens with zero attached hydrogens (tertiary/aromatic N) is 1. The first-order chi connectivity index (χ1) is 9.49. The van der Waals surface area contributed by atoms with E-state index in [0.717, 1.165) is 44.0 Å². The van der Waals surface area contributed by atoms with Crippen LogP contribution in [0.1, 0.15) is 25.0 Å². The Balaban J connectivity index is 1.86. The highest BCUT2D eigenvalue weighted by Crippen LogP contribution is 2.16. The lowest BCUT2D eigenvalue weighted by Gasteiger charge is -2.41. The highest BCUT2D eigenvalue weighted by molar-refractivity contribution is 5.26. The predicted octanol–water partition coefficient (Wildman–Crippen LogP) is 2.33. The maximum atomic E-state index is 13.2. The van der Waals surface area contributed by atoms with E-state index in [4.69, 9.17) is 4.74 Å². The van der Waals surface area contributed by atoms with Gasteiger partial charge in [-0.05, 0) is 44.0 Å². The van der Waals surface area contributed by atoms with E-state index in [1.54, 1.807) is 6.07 Å². The molecule has 1 fully saturated rings. The van der Waals surface area contributed by atoms with Crippen LogP contribution in [0.4, 0.5) is 4.39 Å². The first-order valence-corrected chi connectivity index (χ1v) is 7.27. The van der Waals surface area contributed by atoms with Crippen LogP contribution in [0.25, 0.3) is 0 Å². The lowest BCUT2D eigenvalue weighted by molar-refractivity contribution is -0.00967. The summed E-state index contributed by atoms with van der Waals surface area (Å²) >= 11 is 0. The monoisotopic (exact) mass is 280 g/mol. The van der Waals surface area contributed by atoms with Gasteiger partial charge in [0.25, 0.3) is 0 Å². The molecule has 0 atom stereocenters. The third kappa shape index (κ3) is 4.01. The van der Waals surface area contributed by atoms with E-state index in [9.17, 15) is 4.39 Å². The molecule has 1 aliphatic heterocycles. The molecular formula is C16H25FN2O. The number of morpholine rings is 1. The van der Waals surface area contributed by atoms with Crippen LogP contribution in [0.15, 0.2) is 18.2 Å². The molecule has 4 heteroatoms. The predicted molar refractivity (Wildman–Crippen MR) is 79.3 cm³/mol. The van der Waals surface area contributed by atoms with Gasteiger partial charge in [0, 0.05) is 31.7 Å². The van der Waals surface area contributed by atoms with Crippen molar-refractivity contribution in [2.75, 3.05) is 32.8 Å². The zero-order chi connectivity index (χ0) is 14.6. The number of hydrogen-bond donors (Lipinski definition) is 1. The quantitative estimate of drug-likeness (QED) is 0.896. The van der Waals surface area contributed by atoms with Gasteiger partial charge >= 0.3 is 0 Å². The Labute approximate surface area is 121 Å². The summed E-state index contributed by atoms with van der Waals surface area (Å²) in [6, 6.07) is 4.96. The fourth-order valence-electron chi connectivity index (χ4n) is 2.61.